The van der Waals surface area contributed by atoms with Crippen LogP contribution in [-0.4, -0.2) is 22.5 Å². The Morgan fingerprint density at radius 3 is 2.96 bits per heavy atom. The second kappa shape index (κ2) is 8.60. The summed E-state index contributed by atoms with van der Waals surface area (Å²) in [4.78, 5) is 17.5. The van der Waals surface area contributed by atoms with Gasteiger partial charge in [-0.15, -0.1) is 0 Å². The minimum absolute atomic E-state index is 0.0236. The minimum atomic E-state index is -0.210. The van der Waals surface area contributed by atoms with Crippen molar-refractivity contribution in [3.05, 3.63) is 68.7 Å². The van der Waals surface area contributed by atoms with Crippen molar-refractivity contribution < 1.29 is 4.74 Å². The van der Waals surface area contributed by atoms with E-state index in [2.05, 4.69) is 26.0 Å². The lowest BCUT2D eigenvalue weighted by atomic mass is 10.2. The van der Waals surface area contributed by atoms with Crippen molar-refractivity contribution in [3.63, 3.8) is 0 Å². The lowest BCUT2D eigenvalue weighted by Crippen LogP contribution is -2.22. The molecule has 136 valence electrons. The molecule has 7 heteroatoms. The van der Waals surface area contributed by atoms with Crippen LogP contribution in [0.3, 0.4) is 0 Å². The van der Waals surface area contributed by atoms with Gasteiger partial charge in [0.25, 0.3) is 5.56 Å². The molecule has 0 bridgehead atoms. The van der Waals surface area contributed by atoms with E-state index in [-0.39, 0.29) is 12.2 Å². The highest BCUT2D eigenvalue weighted by Gasteiger charge is 2.10. The molecule has 0 saturated heterocycles. The molecule has 27 heavy (non-hydrogen) atoms. The Kier molecular flexibility index (Phi) is 5.99. The van der Waals surface area contributed by atoms with Gasteiger partial charge < -0.3 is 4.74 Å². The summed E-state index contributed by atoms with van der Waals surface area (Å²) >= 11 is 3.39. The Hall–Kier alpha value is -2.98. The number of fused-ring (bicyclic) bond motifs is 1. The summed E-state index contributed by atoms with van der Waals surface area (Å²) in [5, 5.41) is 13.5. The molecule has 0 saturated carbocycles. The standard InChI is InChI=1S/C20H17BrN4O2/c1-2-4-19-24-18-8-7-15(21)12-17(18)20(26)25(19)23-13-14-5-3-6-16(11-14)27-10-9-22/h3,5-8,11-13H,2,4,10H2,1H3. The quantitative estimate of drug-likeness (QED) is 0.561. The van der Waals surface area contributed by atoms with Gasteiger partial charge in [-0.2, -0.15) is 15.0 Å². The van der Waals surface area contributed by atoms with Crippen LogP contribution in [0.2, 0.25) is 0 Å². The maximum absolute atomic E-state index is 12.9. The first kappa shape index (κ1) is 18.8. The van der Waals surface area contributed by atoms with Gasteiger partial charge in [-0.3, -0.25) is 4.79 Å². The van der Waals surface area contributed by atoms with E-state index in [0.29, 0.717) is 28.9 Å². The van der Waals surface area contributed by atoms with E-state index in [4.69, 9.17) is 10.00 Å². The van der Waals surface area contributed by atoms with Gasteiger partial charge >= 0.3 is 0 Å². The molecule has 2 aromatic carbocycles. The largest absolute Gasteiger partial charge is 0.479 e. The molecule has 0 unspecified atom stereocenters. The Morgan fingerprint density at radius 2 is 2.19 bits per heavy atom. The maximum atomic E-state index is 12.9. The van der Waals surface area contributed by atoms with Crippen LogP contribution in [-0.2, 0) is 6.42 Å². The second-order valence-corrected chi connectivity index (χ2v) is 6.74. The van der Waals surface area contributed by atoms with Crippen LogP contribution in [0.15, 0.2) is 56.8 Å². The number of aromatic nitrogens is 2. The van der Waals surface area contributed by atoms with E-state index < -0.39 is 0 Å². The molecule has 0 spiro atoms. The summed E-state index contributed by atoms with van der Waals surface area (Å²) in [6.45, 7) is 2.01. The van der Waals surface area contributed by atoms with E-state index in [1.165, 1.54) is 4.68 Å². The number of rotatable bonds is 6. The van der Waals surface area contributed by atoms with Gasteiger partial charge in [0, 0.05) is 10.9 Å². The Bertz CT molecular complexity index is 1100. The molecule has 0 atom stereocenters. The highest BCUT2D eigenvalue weighted by molar-refractivity contribution is 9.10. The maximum Gasteiger partial charge on any atom is 0.282 e. The van der Waals surface area contributed by atoms with Crippen LogP contribution < -0.4 is 10.3 Å². The van der Waals surface area contributed by atoms with Crippen molar-refractivity contribution in [1.82, 2.24) is 9.66 Å². The minimum Gasteiger partial charge on any atom is -0.479 e. The van der Waals surface area contributed by atoms with Gasteiger partial charge in [0.2, 0.25) is 0 Å². The molecule has 6 nitrogen and oxygen atoms in total. The van der Waals surface area contributed by atoms with Crippen molar-refractivity contribution in [1.29, 1.82) is 5.26 Å². The monoisotopic (exact) mass is 424 g/mol. The molecule has 0 fully saturated rings. The zero-order valence-corrected chi connectivity index (χ0v) is 16.3. The van der Waals surface area contributed by atoms with Crippen LogP contribution in [0.25, 0.3) is 10.9 Å². The number of benzene rings is 2. The zero-order valence-electron chi connectivity index (χ0n) is 14.7. The molecular weight excluding hydrogens is 408 g/mol. The van der Waals surface area contributed by atoms with Crippen molar-refractivity contribution in [2.75, 3.05) is 6.61 Å². The molecule has 0 radical (unpaired) electrons. The molecule has 0 aliphatic rings. The van der Waals surface area contributed by atoms with Crippen LogP contribution in [0.4, 0.5) is 0 Å². The number of hydrogen-bond acceptors (Lipinski definition) is 5. The van der Waals surface area contributed by atoms with Gasteiger partial charge in [0.05, 0.1) is 17.1 Å². The third-order valence-electron chi connectivity index (χ3n) is 3.83. The second-order valence-electron chi connectivity index (χ2n) is 5.82. The highest BCUT2D eigenvalue weighted by Crippen LogP contribution is 2.17. The first-order valence-electron chi connectivity index (χ1n) is 8.47. The van der Waals surface area contributed by atoms with Gasteiger partial charge in [0.15, 0.2) is 6.61 Å². The Balaban J connectivity index is 2.04. The molecule has 0 N–H and O–H groups in total. The van der Waals surface area contributed by atoms with Gasteiger partial charge in [0.1, 0.15) is 17.6 Å². The fraction of sp³-hybridized carbons (Fsp3) is 0.200. The summed E-state index contributed by atoms with van der Waals surface area (Å²) in [5.74, 6) is 1.19. The average molecular weight is 425 g/mol. The summed E-state index contributed by atoms with van der Waals surface area (Å²) in [6, 6.07) is 14.5. The molecule has 3 rings (SSSR count). The number of aryl methyl sites for hydroxylation is 1. The lowest BCUT2D eigenvalue weighted by molar-refractivity contribution is 0.368. The topological polar surface area (TPSA) is 80.3 Å². The van der Waals surface area contributed by atoms with Crippen molar-refractivity contribution in [2.24, 2.45) is 5.10 Å². The lowest BCUT2D eigenvalue weighted by Gasteiger charge is -2.09. The van der Waals surface area contributed by atoms with Crippen LogP contribution in [0.5, 0.6) is 5.75 Å². The molecule has 1 heterocycles. The summed E-state index contributed by atoms with van der Waals surface area (Å²) < 4.78 is 7.46. The smallest absolute Gasteiger partial charge is 0.282 e. The summed E-state index contributed by atoms with van der Waals surface area (Å²) in [7, 11) is 0. The SMILES string of the molecule is CCCc1nc2ccc(Br)cc2c(=O)n1N=Cc1cccc(OCC#N)c1. The van der Waals surface area contributed by atoms with E-state index in [9.17, 15) is 4.79 Å². The molecule has 0 amide bonds. The van der Waals surface area contributed by atoms with Crippen LogP contribution in [0, 0.1) is 11.3 Å². The number of hydrogen-bond donors (Lipinski definition) is 0. The van der Waals surface area contributed by atoms with E-state index >= 15 is 0 Å². The number of nitriles is 1. The van der Waals surface area contributed by atoms with Crippen molar-refractivity contribution >= 4 is 33.0 Å². The molecule has 3 aromatic rings. The van der Waals surface area contributed by atoms with Crippen molar-refractivity contribution in [3.8, 4) is 11.8 Å². The Labute approximate surface area is 164 Å². The van der Waals surface area contributed by atoms with Crippen LogP contribution in [0.1, 0.15) is 24.7 Å². The summed E-state index contributed by atoms with van der Waals surface area (Å²) in [5.41, 5.74) is 1.21. The highest BCUT2D eigenvalue weighted by atomic mass is 79.9. The van der Waals surface area contributed by atoms with E-state index in [0.717, 1.165) is 16.5 Å². The van der Waals surface area contributed by atoms with E-state index in [1.807, 2.05) is 31.2 Å². The molecule has 0 aliphatic heterocycles. The number of ether oxygens (including phenoxy) is 1. The third kappa shape index (κ3) is 4.41. The Morgan fingerprint density at radius 1 is 1.33 bits per heavy atom. The van der Waals surface area contributed by atoms with E-state index in [1.54, 1.807) is 30.5 Å². The number of nitrogens with zero attached hydrogens (tertiary/aromatic N) is 4. The number of halogens is 1. The van der Waals surface area contributed by atoms with Crippen LogP contribution >= 0.6 is 15.9 Å². The fourth-order valence-corrected chi connectivity index (χ4v) is 2.98. The fourth-order valence-electron chi connectivity index (χ4n) is 2.62. The predicted octanol–water partition coefficient (Wildman–Crippen LogP) is 3.90. The molecule has 1 aromatic heterocycles. The average Bonchev–Trinajstić information content (AvgIpc) is 2.67. The molecule has 0 aliphatic carbocycles. The van der Waals surface area contributed by atoms with Gasteiger partial charge in [-0.25, -0.2) is 4.98 Å². The predicted molar refractivity (Wildman–Crippen MR) is 108 cm³/mol. The van der Waals surface area contributed by atoms with Gasteiger partial charge in [-0.1, -0.05) is 35.0 Å². The zero-order chi connectivity index (χ0) is 19.2. The summed E-state index contributed by atoms with van der Waals surface area (Å²) in [6.07, 6.45) is 3.08. The normalized spacial score (nSPS) is 11.0. The third-order valence-corrected chi connectivity index (χ3v) is 4.33. The van der Waals surface area contributed by atoms with Gasteiger partial charge in [-0.05, 0) is 42.3 Å². The first-order chi connectivity index (χ1) is 13.1. The van der Waals surface area contributed by atoms with Crippen molar-refractivity contribution in [2.45, 2.75) is 19.8 Å². The first-order valence-corrected chi connectivity index (χ1v) is 9.27. The molecular formula is C20H17BrN4O2.